The maximum absolute atomic E-state index is 5.86. The van der Waals surface area contributed by atoms with E-state index in [2.05, 4.69) is 39.9 Å². The molecule has 18 heavy (non-hydrogen) atoms. The maximum Gasteiger partial charge on any atom is 0.0519 e. The molecule has 3 unspecified atom stereocenters. The van der Waals surface area contributed by atoms with Crippen LogP contribution in [0.4, 0.5) is 0 Å². The first-order chi connectivity index (χ1) is 8.49. The van der Waals surface area contributed by atoms with E-state index in [1.54, 1.807) is 0 Å². The molecule has 0 saturated heterocycles. The minimum Gasteiger partial charge on any atom is -0.378 e. The van der Waals surface area contributed by atoms with E-state index >= 15 is 0 Å². The van der Waals surface area contributed by atoms with Crippen LogP contribution in [0.25, 0.3) is 0 Å². The molecule has 0 aromatic carbocycles. The fourth-order valence-corrected chi connectivity index (χ4v) is 2.91. The van der Waals surface area contributed by atoms with E-state index in [-0.39, 0.29) is 0 Å². The van der Waals surface area contributed by atoms with Gasteiger partial charge in [0.1, 0.15) is 0 Å². The summed E-state index contributed by atoms with van der Waals surface area (Å²) in [5.41, 5.74) is 0. The molecule has 1 aliphatic rings. The van der Waals surface area contributed by atoms with Gasteiger partial charge in [-0.25, -0.2) is 0 Å². The number of nitrogens with one attached hydrogen (secondary N) is 1. The Labute approximate surface area is 114 Å². The van der Waals surface area contributed by atoms with Gasteiger partial charge in [-0.15, -0.1) is 0 Å². The van der Waals surface area contributed by atoms with E-state index in [9.17, 15) is 0 Å². The van der Waals surface area contributed by atoms with E-state index in [1.807, 2.05) is 0 Å². The molecule has 1 fully saturated rings. The molecule has 1 rings (SSSR count). The molecular weight excluding hydrogens is 222 g/mol. The highest BCUT2D eigenvalue weighted by Crippen LogP contribution is 2.33. The second kappa shape index (κ2) is 8.16. The third-order valence-electron chi connectivity index (χ3n) is 4.00. The molecule has 0 aromatic rings. The highest BCUT2D eigenvalue weighted by Gasteiger charge is 2.28. The van der Waals surface area contributed by atoms with Gasteiger partial charge in [-0.05, 0) is 63.5 Å². The quantitative estimate of drug-likeness (QED) is 0.749. The monoisotopic (exact) mass is 255 g/mol. The molecule has 0 heterocycles. The van der Waals surface area contributed by atoms with Gasteiger partial charge in [0.2, 0.25) is 0 Å². The van der Waals surface area contributed by atoms with Gasteiger partial charge >= 0.3 is 0 Å². The molecule has 0 spiro atoms. The van der Waals surface area contributed by atoms with E-state index in [0.717, 1.165) is 36.8 Å². The van der Waals surface area contributed by atoms with Crippen LogP contribution in [0.5, 0.6) is 0 Å². The van der Waals surface area contributed by atoms with Gasteiger partial charge in [0, 0.05) is 0 Å². The fourth-order valence-electron chi connectivity index (χ4n) is 2.91. The van der Waals surface area contributed by atoms with Crippen molar-refractivity contribution in [2.24, 2.45) is 23.7 Å². The van der Waals surface area contributed by atoms with Crippen molar-refractivity contribution in [3.05, 3.63) is 0 Å². The molecule has 108 valence electrons. The second-order valence-corrected chi connectivity index (χ2v) is 6.87. The van der Waals surface area contributed by atoms with Gasteiger partial charge in [0.25, 0.3) is 0 Å². The highest BCUT2D eigenvalue weighted by molar-refractivity contribution is 4.80. The predicted molar refractivity (Wildman–Crippen MR) is 78.8 cm³/mol. The Morgan fingerprint density at radius 1 is 1.11 bits per heavy atom. The van der Waals surface area contributed by atoms with Crippen molar-refractivity contribution in [2.45, 2.75) is 60.0 Å². The minimum absolute atomic E-state index is 0.367. The first-order valence-corrected chi connectivity index (χ1v) is 7.81. The maximum atomic E-state index is 5.86. The lowest BCUT2D eigenvalue weighted by molar-refractivity contribution is 0.0141. The molecule has 0 aromatic heterocycles. The Kier molecular flexibility index (Phi) is 7.25. The van der Waals surface area contributed by atoms with Crippen LogP contribution >= 0.6 is 0 Å². The standard InChI is InChI=1S/C16H33NO/c1-12(2)9-17-10-15-7-6-14(5)8-16(15)11-18-13(3)4/h12-17H,6-11H2,1-5H3. The summed E-state index contributed by atoms with van der Waals surface area (Å²) < 4.78 is 5.86. The molecule has 3 atom stereocenters. The smallest absolute Gasteiger partial charge is 0.0519 e. The molecule has 1 saturated carbocycles. The Hall–Kier alpha value is -0.0800. The van der Waals surface area contributed by atoms with Gasteiger partial charge in [-0.3, -0.25) is 0 Å². The van der Waals surface area contributed by atoms with Crippen LogP contribution in [-0.2, 0) is 4.74 Å². The van der Waals surface area contributed by atoms with E-state index in [0.29, 0.717) is 6.10 Å². The van der Waals surface area contributed by atoms with E-state index in [4.69, 9.17) is 4.74 Å². The van der Waals surface area contributed by atoms with Crippen LogP contribution in [0.1, 0.15) is 53.9 Å². The molecule has 1 aliphatic carbocycles. The van der Waals surface area contributed by atoms with Crippen LogP contribution in [0.15, 0.2) is 0 Å². The van der Waals surface area contributed by atoms with Crippen molar-refractivity contribution >= 4 is 0 Å². The van der Waals surface area contributed by atoms with Crippen LogP contribution < -0.4 is 5.32 Å². The minimum atomic E-state index is 0.367. The first-order valence-electron chi connectivity index (χ1n) is 7.81. The summed E-state index contributed by atoms with van der Waals surface area (Å²) in [6.45, 7) is 14.5. The Bertz CT molecular complexity index is 215. The van der Waals surface area contributed by atoms with Gasteiger partial charge in [-0.1, -0.05) is 27.2 Å². The summed E-state index contributed by atoms with van der Waals surface area (Å²) in [5, 5.41) is 3.63. The van der Waals surface area contributed by atoms with Crippen LogP contribution in [-0.4, -0.2) is 25.8 Å². The van der Waals surface area contributed by atoms with Crippen molar-refractivity contribution in [3.8, 4) is 0 Å². The summed E-state index contributed by atoms with van der Waals surface area (Å²) in [5.74, 6) is 3.21. The zero-order chi connectivity index (χ0) is 13.5. The second-order valence-electron chi connectivity index (χ2n) is 6.87. The largest absolute Gasteiger partial charge is 0.378 e. The van der Waals surface area contributed by atoms with Crippen molar-refractivity contribution < 1.29 is 4.74 Å². The van der Waals surface area contributed by atoms with Gasteiger partial charge in [0.05, 0.1) is 12.7 Å². The van der Waals surface area contributed by atoms with E-state index in [1.165, 1.54) is 25.8 Å². The summed E-state index contributed by atoms with van der Waals surface area (Å²) in [6, 6.07) is 0. The van der Waals surface area contributed by atoms with Gasteiger partial charge < -0.3 is 10.1 Å². The highest BCUT2D eigenvalue weighted by atomic mass is 16.5. The van der Waals surface area contributed by atoms with Crippen LogP contribution in [0.3, 0.4) is 0 Å². The molecule has 1 N–H and O–H groups in total. The lowest BCUT2D eigenvalue weighted by Crippen LogP contribution is -2.36. The van der Waals surface area contributed by atoms with Crippen molar-refractivity contribution in [1.82, 2.24) is 5.32 Å². The Morgan fingerprint density at radius 2 is 1.83 bits per heavy atom. The number of hydrogen-bond donors (Lipinski definition) is 1. The van der Waals surface area contributed by atoms with Gasteiger partial charge in [0.15, 0.2) is 0 Å². The fraction of sp³-hybridized carbons (Fsp3) is 1.00. The number of rotatable bonds is 7. The average molecular weight is 255 g/mol. The Morgan fingerprint density at radius 3 is 2.44 bits per heavy atom. The molecule has 0 radical (unpaired) electrons. The Balaban J connectivity index is 2.35. The number of hydrogen-bond acceptors (Lipinski definition) is 2. The predicted octanol–water partition coefficient (Wildman–Crippen LogP) is 3.71. The zero-order valence-electron chi connectivity index (χ0n) is 13.0. The van der Waals surface area contributed by atoms with Crippen molar-refractivity contribution in [2.75, 3.05) is 19.7 Å². The van der Waals surface area contributed by atoms with Crippen LogP contribution in [0, 0.1) is 23.7 Å². The third kappa shape index (κ3) is 6.19. The van der Waals surface area contributed by atoms with Crippen molar-refractivity contribution in [1.29, 1.82) is 0 Å². The molecule has 0 aliphatic heterocycles. The topological polar surface area (TPSA) is 21.3 Å². The normalized spacial score (nSPS) is 29.2. The average Bonchev–Trinajstić information content (AvgIpc) is 2.28. The van der Waals surface area contributed by atoms with E-state index < -0.39 is 0 Å². The molecule has 2 heteroatoms. The summed E-state index contributed by atoms with van der Waals surface area (Å²) in [7, 11) is 0. The van der Waals surface area contributed by atoms with Crippen LogP contribution in [0.2, 0.25) is 0 Å². The van der Waals surface area contributed by atoms with Crippen molar-refractivity contribution in [3.63, 3.8) is 0 Å². The third-order valence-corrected chi connectivity index (χ3v) is 4.00. The summed E-state index contributed by atoms with van der Waals surface area (Å²) >= 11 is 0. The SMILES string of the molecule is CC(C)CNCC1CCC(C)CC1COC(C)C. The lowest BCUT2D eigenvalue weighted by atomic mass is 9.75. The first kappa shape index (κ1) is 16.0. The lowest BCUT2D eigenvalue weighted by Gasteiger charge is -2.35. The molecule has 2 nitrogen and oxygen atoms in total. The summed E-state index contributed by atoms with van der Waals surface area (Å²) in [4.78, 5) is 0. The molecular formula is C16H33NO. The molecule has 0 amide bonds. The zero-order valence-corrected chi connectivity index (χ0v) is 13.0. The summed E-state index contributed by atoms with van der Waals surface area (Å²) in [6.07, 6.45) is 4.48. The number of ether oxygens (including phenoxy) is 1. The molecule has 0 bridgehead atoms. The van der Waals surface area contributed by atoms with Gasteiger partial charge in [-0.2, -0.15) is 0 Å².